The molecule has 1 aromatic heterocycles. The van der Waals surface area contributed by atoms with E-state index in [1.54, 1.807) is 12.3 Å². The lowest BCUT2D eigenvalue weighted by atomic mass is 9.65. The number of para-hydroxylation sites is 2. The van der Waals surface area contributed by atoms with E-state index in [9.17, 15) is 14.7 Å². The Labute approximate surface area is 301 Å². The van der Waals surface area contributed by atoms with Crippen molar-refractivity contribution in [2.45, 2.75) is 36.1 Å². The molecule has 2 amide bonds. The van der Waals surface area contributed by atoms with Gasteiger partial charge in [-0.25, -0.2) is 0 Å². The van der Waals surface area contributed by atoms with Gasteiger partial charge in [0.1, 0.15) is 29.9 Å². The van der Waals surface area contributed by atoms with E-state index in [2.05, 4.69) is 15.6 Å². The van der Waals surface area contributed by atoms with Gasteiger partial charge in [0.05, 0.1) is 24.6 Å². The van der Waals surface area contributed by atoms with Crippen LogP contribution in [0.4, 0.5) is 5.69 Å². The Bertz CT molecular complexity index is 2080. The second-order valence-corrected chi connectivity index (χ2v) is 13.2. The van der Waals surface area contributed by atoms with E-state index in [1.807, 2.05) is 126 Å². The second kappa shape index (κ2) is 14.1. The number of morpholine rings is 1. The number of esters is 1. The molecule has 0 aliphatic carbocycles. The fourth-order valence-corrected chi connectivity index (χ4v) is 8.48. The molecule has 6 unspecified atom stereocenters. The van der Waals surface area contributed by atoms with E-state index in [0.29, 0.717) is 29.0 Å². The van der Waals surface area contributed by atoms with Gasteiger partial charge in [-0.1, -0.05) is 103 Å². The van der Waals surface area contributed by atoms with Crippen molar-refractivity contribution in [3.8, 4) is 5.75 Å². The molecule has 0 radical (unpaired) electrons. The van der Waals surface area contributed by atoms with Crippen LogP contribution in [-0.4, -0.2) is 58.6 Å². The maximum absolute atomic E-state index is 15.1. The van der Waals surface area contributed by atoms with E-state index >= 15 is 4.79 Å². The van der Waals surface area contributed by atoms with Crippen LogP contribution in [0.25, 0.3) is 0 Å². The minimum absolute atomic E-state index is 0.0111. The highest BCUT2D eigenvalue weighted by atomic mass is 16.6. The molecule has 10 heteroatoms. The molecule has 262 valence electrons. The van der Waals surface area contributed by atoms with Crippen molar-refractivity contribution in [3.05, 3.63) is 162 Å². The zero-order chi connectivity index (χ0) is 35.7. The minimum Gasteiger partial charge on any atom is -0.491 e. The van der Waals surface area contributed by atoms with Crippen LogP contribution in [0.5, 0.6) is 5.75 Å². The van der Waals surface area contributed by atoms with Crippen LogP contribution in [0.15, 0.2) is 134 Å². The number of rotatable bonds is 10. The third-order valence-corrected chi connectivity index (χ3v) is 10.5. The summed E-state index contributed by atoms with van der Waals surface area (Å²) in [5.41, 5.74) is 2.62. The first-order valence-corrected chi connectivity index (χ1v) is 17.5. The second-order valence-electron chi connectivity index (χ2n) is 13.2. The van der Waals surface area contributed by atoms with Crippen LogP contribution in [0, 0.1) is 5.92 Å². The van der Waals surface area contributed by atoms with E-state index in [4.69, 9.17) is 9.47 Å². The fraction of sp³-hybridized carbons (Fsp3) is 0.238. The minimum atomic E-state index is -1.60. The summed E-state index contributed by atoms with van der Waals surface area (Å²) in [5.74, 6) is -2.22. The number of nitrogens with one attached hydrogen (secondary N) is 2. The van der Waals surface area contributed by atoms with Crippen LogP contribution in [0.1, 0.15) is 46.1 Å². The van der Waals surface area contributed by atoms with E-state index < -0.39 is 53.3 Å². The van der Waals surface area contributed by atoms with E-state index in [0.717, 1.165) is 16.8 Å². The Balaban J connectivity index is 1.38. The van der Waals surface area contributed by atoms with Gasteiger partial charge in [-0.05, 0) is 41.0 Å². The number of amides is 2. The number of cyclic esters (lactones) is 1. The van der Waals surface area contributed by atoms with E-state index in [1.165, 1.54) is 0 Å². The van der Waals surface area contributed by atoms with Gasteiger partial charge in [0.25, 0.3) is 0 Å². The molecule has 4 aromatic carbocycles. The van der Waals surface area contributed by atoms with Gasteiger partial charge in [-0.15, -0.1) is 0 Å². The van der Waals surface area contributed by atoms with Gasteiger partial charge >= 0.3 is 5.97 Å². The lowest BCUT2D eigenvalue weighted by molar-refractivity contribution is -0.178. The van der Waals surface area contributed by atoms with E-state index in [-0.39, 0.29) is 19.8 Å². The predicted octanol–water partition coefficient (Wildman–Crippen LogP) is 5.08. The Morgan fingerprint density at radius 1 is 0.846 bits per heavy atom. The van der Waals surface area contributed by atoms with Crippen LogP contribution in [0.3, 0.4) is 0 Å². The average Bonchev–Trinajstić information content (AvgIpc) is 3.67. The molecule has 3 aliphatic rings. The first-order chi connectivity index (χ1) is 25.5. The van der Waals surface area contributed by atoms with Crippen LogP contribution in [-0.2, 0) is 31.0 Å². The number of carbonyl (C=O) groups is 3. The summed E-state index contributed by atoms with van der Waals surface area (Å²) in [6, 6.07) is 36.9. The lowest BCUT2D eigenvalue weighted by Gasteiger charge is -2.46. The number of ether oxygens (including phenoxy) is 2. The average molecular weight is 695 g/mol. The quantitative estimate of drug-likeness (QED) is 0.173. The number of benzene rings is 4. The number of carbonyl (C=O) groups excluding carboxylic acids is 3. The van der Waals surface area contributed by atoms with Gasteiger partial charge in [0.15, 0.2) is 0 Å². The smallest absolute Gasteiger partial charge is 0.324 e. The molecule has 5 aromatic rings. The van der Waals surface area contributed by atoms with Gasteiger partial charge in [0, 0.05) is 36.1 Å². The summed E-state index contributed by atoms with van der Waals surface area (Å²) < 4.78 is 12.6. The highest BCUT2D eigenvalue weighted by Crippen LogP contribution is 2.65. The van der Waals surface area contributed by atoms with Crippen molar-refractivity contribution in [2.24, 2.45) is 5.92 Å². The van der Waals surface area contributed by atoms with Crippen molar-refractivity contribution in [1.82, 2.24) is 15.2 Å². The molecule has 3 N–H and O–H groups in total. The zero-order valence-corrected chi connectivity index (χ0v) is 28.3. The standard InChI is InChI=1S/C42H38N4O6/c47-25-26-51-33-21-10-7-18-30(33)38-42(31-19-8-9-20-32(31)45-41(42)50)34(39(48)44-24-22-29-17-11-12-23-43-29)36-40(49)52-37(28-15-5-2-6-16-28)35(46(36)38)27-13-3-1-4-14-27/h1-21,23,34-38,47H,22,24-26H2,(H,44,48)(H,45,50). The largest absolute Gasteiger partial charge is 0.491 e. The molecular formula is C42H38N4O6. The number of aromatic nitrogens is 1. The summed E-state index contributed by atoms with van der Waals surface area (Å²) in [5, 5.41) is 16.0. The summed E-state index contributed by atoms with van der Waals surface area (Å²) in [6.07, 6.45) is 1.38. The molecule has 1 spiro atoms. The first kappa shape index (κ1) is 33.3. The number of fused-ring (bicyclic) bond motifs is 3. The zero-order valence-electron chi connectivity index (χ0n) is 28.3. The van der Waals surface area contributed by atoms with Crippen molar-refractivity contribution in [3.63, 3.8) is 0 Å². The van der Waals surface area contributed by atoms with Gasteiger partial charge in [-0.3, -0.25) is 24.3 Å². The third-order valence-electron chi connectivity index (χ3n) is 10.5. The van der Waals surface area contributed by atoms with Gasteiger partial charge in [0.2, 0.25) is 11.8 Å². The Morgan fingerprint density at radius 2 is 1.54 bits per heavy atom. The molecule has 3 aliphatic heterocycles. The normalized spacial score (nSPS) is 24.8. The monoisotopic (exact) mass is 694 g/mol. The predicted molar refractivity (Wildman–Crippen MR) is 193 cm³/mol. The van der Waals surface area contributed by atoms with Gasteiger partial charge in [-0.2, -0.15) is 0 Å². The highest BCUT2D eigenvalue weighted by Gasteiger charge is 2.74. The number of aliphatic hydroxyl groups is 1. The Kier molecular flexibility index (Phi) is 9.00. The number of aliphatic hydroxyl groups excluding tert-OH is 1. The molecule has 8 rings (SSSR count). The maximum Gasteiger partial charge on any atom is 0.324 e. The molecule has 0 saturated carbocycles. The van der Waals surface area contributed by atoms with Crippen LogP contribution < -0.4 is 15.4 Å². The fourth-order valence-electron chi connectivity index (χ4n) is 8.48. The van der Waals surface area contributed by atoms with Crippen molar-refractivity contribution in [1.29, 1.82) is 0 Å². The van der Waals surface area contributed by atoms with Crippen molar-refractivity contribution >= 4 is 23.5 Å². The Hall–Kier alpha value is -5.84. The molecular weight excluding hydrogens is 656 g/mol. The van der Waals surface area contributed by atoms with Crippen LogP contribution >= 0.6 is 0 Å². The third kappa shape index (κ3) is 5.51. The summed E-state index contributed by atoms with van der Waals surface area (Å²) in [6.45, 7) is 0.0242. The summed E-state index contributed by atoms with van der Waals surface area (Å²) in [4.78, 5) is 51.3. The van der Waals surface area contributed by atoms with Crippen molar-refractivity contribution in [2.75, 3.05) is 25.1 Å². The molecule has 52 heavy (non-hydrogen) atoms. The summed E-state index contributed by atoms with van der Waals surface area (Å²) >= 11 is 0. The number of hydrogen-bond donors (Lipinski definition) is 3. The molecule has 2 fully saturated rings. The van der Waals surface area contributed by atoms with Gasteiger partial charge < -0.3 is 25.2 Å². The Morgan fingerprint density at radius 3 is 2.29 bits per heavy atom. The molecule has 0 bridgehead atoms. The summed E-state index contributed by atoms with van der Waals surface area (Å²) in [7, 11) is 0. The maximum atomic E-state index is 15.1. The van der Waals surface area contributed by atoms with Crippen LogP contribution in [0.2, 0.25) is 0 Å². The highest BCUT2D eigenvalue weighted by molar-refractivity contribution is 6.12. The lowest BCUT2D eigenvalue weighted by Crippen LogP contribution is -2.55. The number of anilines is 1. The molecule has 4 heterocycles. The number of pyridine rings is 1. The molecule has 2 saturated heterocycles. The SMILES string of the molecule is O=C1OC(c2ccccc2)C(c2ccccc2)N2C1C(C(=O)NCCc1ccccn1)C1(C(=O)Nc3ccccc31)C2c1ccccc1OCCO. The molecule has 10 nitrogen and oxygen atoms in total. The topological polar surface area (TPSA) is 130 Å². The molecule has 6 atom stereocenters. The first-order valence-electron chi connectivity index (χ1n) is 17.5. The number of nitrogens with zero attached hydrogens (tertiary/aromatic N) is 2. The number of hydrogen-bond acceptors (Lipinski definition) is 8. The van der Waals surface area contributed by atoms with Crippen molar-refractivity contribution < 1.29 is 29.0 Å².